The molecule has 2 atom stereocenters. The van der Waals surface area contributed by atoms with E-state index < -0.39 is 0 Å². The predicted octanol–water partition coefficient (Wildman–Crippen LogP) is 16.1. The highest BCUT2D eigenvalue weighted by atomic mass is 16.5. The molecule has 0 amide bonds. The number of ether oxygens (including phenoxy) is 4. The topological polar surface area (TPSA) is 36.9 Å². The van der Waals surface area contributed by atoms with Crippen molar-refractivity contribution in [1.29, 1.82) is 0 Å². The summed E-state index contributed by atoms with van der Waals surface area (Å²) >= 11 is 0. The smallest absolute Gasteiger partial charge is 0.120 e. The molecule has 0 fully saturated rings. The second kappa shape index (κ2) is 22.8. The van der Waals surface area contributed by atoms with Gasteiger partial charge < -0.3 is 18.9 Å². The summed E-state index contributed by atoms with van der Waals surface area (Å²) in [4.78, 5) is 0. The van der Waals surface area contributed by atoms with Crippen LogP contribution in [0.1, 0.15) is 133 Å². The zero-order valence-electron chi connectivity index (χ0n) is 40.0. The summed E-state index contributed by atoms with van der Waals surface area (Å²) in [6.45, 7) is 22.5. The molecule has 6 rings (SSSR count). The molecule has 4 heteroatoms. The van der Waals surface area contributed by atoms with Gasteiger partial charge >= 0.3 is 0 Å². The number of hydrogen-bond donors (Lipinski definition) is 0. The van der Waals surface area contributed by atoms with Gasteiger partial charge in [-0.05, 0) is 154 Å². The van der Waals surface area contributed by atoms with Crippen molar-refractivity contribution in [3.8, 4) is 23.0 Å². The summed E-state index contributed by atoms with van der Waals surface area (Å²) < 4.78 is 25.9. The molecule has 0 N–H and O–H groups in total. The molecule has 0 radical (unpaired) electrons. The van der Waals surface area contributed by atoms with Crippen molar-refractivity contribution in [3.05, 3.63) is 216 Å². The van der Waals surface area contributed by atoms with Crippen LogP contribution in [-0.4, -0.2) is 24.4 Å². The van der Waals surface area contributed by atoms with Crippen LogP contribution < -0.4 is 18.9 Å². The largest absolute Gasteiger partial charge is 0.494 e. The van der Waals surface area contributed by atoms with Crippen LogP contribution in [-0.2, 0) is 10.8 Å². The van der Waals surface area contributed by atoms with Crippen LogP contribution in [0.2, 0.25) is 0 Å². The van der Waals surface area contributed by atoms with Crippen molar-refractivity contribution in [2.45, 2.75) is 121 Å². The SMILES string of the molecule is C=CCCOc1ccc(C(C)(c2ccccc2)c2ccc(OC(CC)(CC)CCCOc3ccc(C(C)(c4ccccc4)c4ccc(OC(CC)(CC)CCC=C)cc4)cc3)cc2)cc1. The van der Waals surface area contributed by atoms with Crippen molar-refractivity contribution in [2.75, 3.05) is 13.2 Å². The lowest BCUT2D eigenvalue weighted by Crippen LogP contribution is -2.35. The fraction of sp³-hybridized carbons (Fsp3) is 0.344. The lowest BCUT2D eigenvalue weighted by molar-refractivity contribution is 0.0450. The standard InChI is InChI=1S/C61H72O4/c1-9-15-44-60(11-3,12-4)64-56-40-32-52(33-41-56)59(8,49-26-21-18-22-27-49)51-30-38-55(39-31-51)63-47-23-45-61(13-5,14-6)65-57-42-34-53(35-43-57)58(7,48-24-19-17-20-25-48)50-28-36-54(37-29-50)62-46-16-10-2/h9-10,17-22,24-43H,1-2,11-16,23,44-47H2,3-8H3. The second-order valence-corrected chi connectivity index (χ2v) is 17.8. The highest BCUT2D eigenvalue weighted by molar-refractivity contribution is 5.53. The maximum atomic E-state index is 6.90. The highest BCUT2D eigenvalue weighted by Crippen LogP contribution is 2.42. The van der Waals surface area contributed by atoms with Crippen LogP contribution in [0.4, 0.5) is 0 Å². The fourth-order valence-corrected chi connectivity index (χ4v) is 9.33. The van der Waals surface area contributed by atoms with Crippen LogP contribution in [0.3, 0.4) is 0 Å². The molecule has 4 nitrogen and oxygen atoms in total. The Morgan fingerprint density at radius 1 is 0.385 bits per heavy atom. The van der Waals surface area contributed by atoms with Crippen LogP contribution in [0.15, 0.2) is 183 Å². The first-order valence-corrected chi connectivity index (χ1v) is 24.0. The van der Waals surface area contributed by atoms with Crippen LogP contribution in [0, 0.1) is 0 Å². The summed E-state index contributed by atoms with van der Waals surface area (Å²) in [6, 6.07) is 56.1. The minimum atomic E-state index is -0.378. The normalized spacial score (nSPS) is 13.5. The summed E-state index contributed by atoms with van der Waals surface area (Å²) in [6.07, 6.45) is 12.1. The Morgan fingerprint density at radius 3 is 1.06 bits per heavy atom. The Hall–Kier alpha value is -6.00. The lowest BCUT2D eigenvalue weighted by Gasteiger charge is -2.34. The molecule has 2 unspecified atom stereocenters. The quantitative estimate of drug-likeness (QED) is 0.0309. The van der Waals surface area contributed by atoms with Gasteiger partial charge in [0.1, 0.15) is 34.2 Å². The van der Waals surface area contributed by atoms with Crippen LogP contribution in [0.5, 0.6) is 23.0 Å². The van der Waals surface area contributed by atoms with E-state index in [0.29, 0.717) is 13.2 Å². The van der Waals surface area contributed by atoms with Gasteiger partial charge in [-0.15, -0.1) is 13.2 Å². The Labute approximate surface area is 391 Å². The van der Waals surface area contributed by atoms with E-state index in [4.69, 9.17) is 18.9 Å². The molecular weight excluding hydrogens is 797 g/mol. The predicted molar refractivity (Wildman–Crippen MR) is 272 cm³/mol. The molecule has 6 aromatic rings. The van der Waals surface area contributed by atoms with Crippen molar-refractivity contribution in [2.24, 2.45) is 0 Å². The number of rotatable bonds is 26. The molecule has 0 aromatic heterocycles. The first-order chi connectivity index (χ1) is 31.6. The van der Waals surface area contributed by atoms with Crippen molar-refractivity contribution < 1.29 is 18.9 Å². The summed E-state index contributed by atoms with van der Waals surface area (Å²) in [5.41, 5.74) is 6.04. The molecular formula is C61H72O4. The molecule has 0 bridgehead atoms. The van der Waals surface area contributed by atoms with Gasteiger partial charge in [0.05, 0.1) is 13.2 Å². The maximum Gasteiger partial charge on any atom is 0.120 e. The third kappa shape index (κ3) is 11.5. The van der Waals surface area contributed by atoms with E-state index in [9.17, 15) is 0 Å². The Balaban J connectivity index is 1.11. The highest BCUT2D eigenvalue weighted by Gasteiger charge is 2.34. The van der Waals surface area contributed by atoms with Gasteiger partial charge in [0.25, 0.3) is 0 Å². The minimum absolute atomic E-state index is 0.189. The van der Waals surface area contributed by atoms with Crippen molar-refractivity contribution in [1.82, 2.24) is 0 Å². The van der Waals surface area contributed by atoms with Gasteiger partial charge in [-0.25, -0.2) is 0 Å². The molecule has 6 aromatic carbocycles. The van der Waals surface area contributed by atoms with Gasteiger partial charge in [0.15, 0.2) is 0 Å². The van der Waals surface area contributed by atoms with E-state index in [1.165, 1.54) is 33.4 Å². The summed E-state index contributed by atoms with van der Waals surface area (Å²) in [5.74, 6) is 3.53. The second-order valence-electron chi connectivity index (χ2n) is 17.8. The molecule has 0 aliphatic carbocycles. The zero-order chi connectivity index (χ0) is 46.2. The molecule has 0 aliphatic heterocycles. The summed E-state index contributed by atoms with van der Waals surface area (Å²) in [5, 5.41) is 0. The van der Waals surface area contributed by atoms with Gasteiger partial charge in [-0.2, -0.15) is 0 Å². The Kier molecular flexibility index (Phi) is 17.0. The van der Waals surface area contributed by atoms with Crippen molar-refractivity contribution >= 4 is 0 Å². The molecule has 0 saturated heterocycles. The minimum Gasteiger partial charge on any atom is -0.494 e. The molecule has 0 heterocycles. The number of hydrogen-bond acceptors (Lipinski definition) is 4. The van der Waals surface area contributed by atoms with Gasteiger partial charge in [0, 0.05) is 10.8 Å². The average Bonchev–Trinajstić information content (AvgIpc) is 3.37. The monoisotopic (exact) mass is 869 g/mol. The van der Waals surface area contributed by atoms with E-state index in [1.807, 2.05) is 12.2 Å². The number of allylic oxidation sites excluding steroid dienone is 1. The van der Waals surface area contributed by atoms with E-state index in [1.54, 1.807) is 0 Å². The van der Waals surface area contributed by atoms with Gasteiger partial charge in [-0.3, -0.25) is 0 Å². The third-order valence-electron chi connectivity index (χ3n) is 14.1. The van der Waals surface area contributed by atoms with E-state index in [-0.39, 0.29) is 22.0 Å². The maximum absolute atomic E-state index is 6.90. The first kappa shape index (κ1) is 48.5. The number of benzene rings is 6. The molecule has 0 saturated carbocycles. The Morgan fingerprint density at radius 2 is 0.708 bits per heavy atom. The van der Waals surface area contributed by atoms with E-state index in [2.05, 4.69) is 212 Å². The van der Waals surface area contributed by atoms with Crippen molar-refractivity contribution in [3.63, 3.8) is 0 Å². The zero-order valence-corrected chi connectivity index (χ0v) is 40.0. The van der Waals surface area contributed by atoms with Crippen LogP contribution in [0.25, 0.3) is 0 Å². The fourth-order valence-electron chi connectivity index (χ4n) is 9.33. The molecule has 0 spiro atoms. The molecule has 0 aliphatic rings. The average molecular weight is 869 g/mol. The Bertz CT molecular complexity index is 2330. The first-order valence-electron chi connectivity index (χ1n) is 24.0. The van der Waals surface area contributed by atoms with Gasteiger partial charge in [-0.1, -0.05) is 149 Å². The third-order valence-corrected chi connectivity index (χ3v) is 14.1. The lowest BCUT2D eigenvalue weighted by atomic mass is 9.71. The van der Waals surface area contributed by atoms with E-state index >= 15 is 0 Å². The molecule has 65 heavy (non-hydrogen) atoms. The molecule has 340 valence electrons. The van der Waals surface area contributed by atoms with Gasteiger partial charge in [0.2, 0.25) is 0 Å². The van der Waals surface area contributed by atoms with E-state index in [0.717, 1.165) is 80.8 Å². The van der Waals surface area contributed by atoms with Crippen LogP contribution >= 0.6 is 0 Å². The summed E-state index contributed by atoms with van der Waals surface area (Å²) in [7, 11) is 0.